The fraction of sp³-hybridized carbons (Fsp3) is 0.333. The minimum absolute atomic E-state index is 0.282. The molecule has 1 aliphatic rings. The van der Waals surface area contributed by atoms with Gasteiger partial charge in [0.2, 0.25) is 5.75 Å². The summed E-state index contributed by atoms with van der Waals surface area (Å²) in [5.41, 5.74) is 2.23. The van der Waals surface area contributed by atoms with Crippen molar-refractivity contribution in [1.82, 2.24) is 9.78 Å². The van der Waals surface area contributed by atoms with Gasteiger partial charge in [-0.25, -0.2) is 9.07 Å². The fourth-order valence-corrected chi connectivity index (χ4v) is 4.99. The number of aromatic nitrogens is 2. The third-order valence-corrected chi connectivity index (χ3v) is 6.35. The molecule has 1 aliphatic heterocycles. The SMILES string of the molecule is CCOc1cc(C(=O)Nc2c3c(nn2-c2ccc(F)cc2)C[S@@](=O)C3)cc(OCC)c1OCC. The summed E-state index contributed by atoms with van der Waals surface area (Å²) < 4.78 is 44.3. The first-order valence-corrected chi connectivity index (χ1v) is 12.5. The molecule has 2 aromatic carbocycles. The van der Waals surface area contributed by atoms with Gasteiger partial charge in [0.05, 0.1) is 42.7 Å². The van der Waals surface area contributed by atoms with Gasteiger partial charge in [-0.3, -0.25) is 9.00 Å². The number of carbonyl (C=O) groups excluding carboxylic acids is 1. The summed E-state index contributed by atoms with van der Waals surface area (Å²) >= 11 is 0. The average molecular weight is 488 g/mol. The number of carbonyl (C=O) groups is 1. The minimum Gasteiger partial charge on any atom is -0.490 e. The van der Waals surface area contributed by atoms with Crippen molar-refractivity contribution in [3.8, 4) is 22.9 Å². The molecule has 3 aromatic rings. The van der Waals surface area contributed by atoms with Crippen molar-refractivity contribution >= 4 is 22.5 Å². The Morgan fingerprint density at radius 3 is 2.24 bits per heavy atom. The first kappa shape index (κ1) is 23.7. The van der Waals surface area contributed by atoms with Gasteiger partial charge >= 0.3 is 0 Å². The van der Waals surface area contributed by atoms with E-state index in [1.807, 2.05) is 20.8 Å². The van der Waals surface area contributed by atoms with Crippen LogP contribution in [0.2, 0.25) is 0 Å². The van der Waals surface area contributed by atoms with Crippen LogP contribution in [0.15, 0.2) is 36.4 Å². The van der Waals surface area contributed by atoms with E-state index in [-0.39, 0.29) is 11.6 Å². The number of anilines is 1. The maximum atomic E-state index is 13.5. The molecule has 0 bridgehead atoms. The largest absolute Gasteiger partial charge is 0.490 e. The summed E-state index contributed by atoms with van der Waals surface area (Å²) in [5, 5.41) is 7.45. The first-order valence-electron chi connectivity index (χ1n) is 11.0. The Bertz CT molecular complexity index is 1200. The number of hydrogen-bond donors (Lipinski definition) is 1. The van der Waals surface area contributed by atoms with Crippen LogP contribution in [0, 0.1) is 5.82 Å². The molecule has 0 aliphatic carbocycles. The number of halogens is 1. The Labute approximate surface area is 199 Å². The molecule has 0 spiro atoms. The van der Waals surface area contributed by atoms with Gasteiger partial charge in [0.1, 0.15) is 11.6 Å². The molecule has 0 unspecified atom stereocenters. The third kappa shape index (κ3) is 4.77. The van der Waals surface area contributed by atoms with Crippen LogP contribution in [0.5, 0.6) is 17.2 Å². The normalized spacial score (nSPS) is 14.5. The Morgan fingerprint density at radius 1 is 1.03 bits per heavy atom. The smallest absolute Gasteiger partial charge is 0.257 e. The fourth-order valence-electron chi connectivity index (χ4n) is 3.72. The number of nitrogens with zero attached hydrogens (tertiary/aromatic N) is 2. The van der Waals surface area contributed by atoms with Gasteiger partial charge in [-0.15, -0.1) is 0 Å². The predicted octanol–water partition coefficient (Wildman–Crippen LogP) is 4.22. The van der Waals surface area contributed by atoms with Gasteiger partial charge in [0, 0.05) is 21.9 Å². The standard InChI is InChI=1S/C24H26FN3O5S/c1-4-31-20-11-15(12-21(32-5-2)22(20)33-6-3)24(29)26-23-18-13-34(30)14-19(18)27-28(23)17-9-7-16(25)8-10-17/h7-12H,4-6,13-14H2,1-3H3,(H,26,29)/t34-/m0/s1. The lowest BCUT2D eigenvalue weighted by molar-refractivity contribution is 0.102. The number of amides is 1. The number of hydrogen-bond acceptors (Lipinski definition) is 6. The van der Waals surface area contributed by atoms with Gasteiger partial charge in [0.25, 0.3) is 5.91 Å². The number of rotatable bonds is 9. The van der Waals surface area contributed by atoms with Crippen LogP contribution in [-0.4, -0.2) is 39.7 Å². The number of ether oxygens (including phenoxy) is 3. The van der Waals surface area contributed by atoms with Crippen LogP contribution in [-0.2, 0) is 22.3 Å². The summed E-state index contributed by atoms with van der Waals surface area (Å²) in [4.78, 5) is 13.4. The van der Waals surface area contributed by atoms with Crippen molar-refractivity contribution in [3.05, 3.63) is 59.0 Å². The molecule has 1 atom stereocenters. The topological polar surface area (TPSA) is 91.7 Å². The maximum Gasteiger partial charge on any atom is 0.257 e. The van der Waals surface area contributed by atoms with Crippen LogP contribution < -0.4 is 19.5 Å². The lowest BCUT2D eigenvalue weighted by atomic mass is 10.1. The van der Waals surface area contributed by atoms with Crippen molar-refractivity contribution in [1.29, 1.82) is 0 Å². The highest BCUT2D eigenvalue weighted by atomic mass is 32.2. The molecule has 0 saturated carbocycles. The zero-order chi connectivity index (χ0) is 24.2. The Kier molecular flexibility index (Phi) is 7.16. The Morgan fingerprint density at radius 2 is 1.65 bits per heavy atom. The van der Waals surface area contributed by atoms with Crippen LogP contribution in [0.1, 0.15) is 42.4 Å². The predicted molar refractivity (Wildman–Crippen MR) is 127 cm³/mol. The number of fused-ring (bicyclic) bond motifs is 1. The van der Waals surface area contributed by atoms with E-state index < -0.39 is 16.7 Å². The lowest BCUT2D eigenvalue weighted by Gasteiger charge is -2.17. The summed E-state index contributed by atoms with van der Waals surface area (Å²) in [6.07, 6.45) is 0. The molecule has 0 saturated heterocycles. The molecule has 10 heteroatoms. The van der Waals surface area contributed by atoms with E-state index in [9.17, 15) is 13.4 Å². The zero-order valence-corrected chi connectivity index (χ0v) is 20.0. The monoisotopic (exact) mass is 487 g/mol. The van der Waals surface area contributed by atoms with Crippen molar-refractivity contribution in [2.45, 2.75) is 32.3 Å². The Hall–Kier alpha value is -3.40. The first-order chi connectivity index (χ1) is 16.4. The minimum atomic E-state index is -1.09. The zero-order valence-electron chi connectivity index (χ0n) is 19.2. The Balaban J connectivity index is 1.74. The third-order valence-electron chi connectivity index (χ3n) is 5.14. The van der Waals surface area contributed by atoms with Crippen molar-refractivity contribution in [2.75, 3.05) is 25.1 Å². The second-order valence-corrected chi connectivity index (χ2v) is 8.90. The van der Waals surface area contributed by atoms with Gasteiger partial charge in [-0.1, -0.05) is 0 Å². The second kappa shape index (κ2) is 10.3. The van der Waals surface area contributed by atoms with E-state index in [0.717, 1.165) is 0 Å². The number of benzene rings is 2. The molecule has 0 radical (unpaired) electrons. The average Bonchev–Trinajstić information content (AvgIpc) is 3.33. The van der Waals surface area contributed by atoms with E-state index in [1.165, 1.54) is 12.1 Å². The van der Waals surface area contributed by atoms with Crippen molar-refractivity contribution in [3.63, 3.8) is 0 Å². The van der Waals surface area contributed by atoms with E-state index >= 15 is 0 Å². The van der Waals surface area contributed by atoms with Crippen molar-refractivity contribution < 1.29 is 27.6 Å². The molecule has 34 heavy (non-hydrogen) atoms. The highest BCUT2D eigenvalue weighted by molar-refractivity contribution is 7.83. The number of nitrogens with one attached hydrogen (secondary N) is 1. The van der Waals surface area contributed by atoms with E-state index in [1.54, 1.807) is 28.9 Å². The molecule has 2 heterocycles. The molecule has 180 valence electrons. The lowest BCUT2D eigenvalue weighted by Crippen LogP contribution is -2.17. The second-order valence-electron chi connectivity index (χ2n) is 7.45. The molecule has 8 nitrogen and oxygen atoms in total. The maximum absolute atomic E-state index is 13.5. The van der Waals surface area contributed by atoms with E-state index in [0.29, 0.717) is 71.1 Å². The molecule has 1 aromatic heterocycles. The summed E-state index contributed by atoms with van der Waals surface area (Å²) in [6, 6.07) is 8.98. The van der Waals surface area contributed by atoms with Gasteiger partial charge < -0.3 is 19.5 Å². The highest BCUT2D eigenvalue weighted by Gasteiger charge is 2.29. The molecule has 4 rings (SSSR count). The van der Waals surface area contributed by atoms with E-state index in [4.69, 9.17) is 14.2 Å². The molecule has 0 fully saturated rings. The van der Waals surface area contributed by atoms with Gasteiger partial charge in [-0.2, -0.15) is 5.10 Å². The van der Waals surface area contributed by atoms with Crippen LogP contribution in [0.4, 0.5) is 10.2 Å². The summed E-state index contributed by atoms with van der Waals surface area (Å²) in [7, 11) is -1.09. The van der Waals surface area contributed by atoms with Crippen molar-refractivity contribution in [2.24, 2.45) is 0 Å². The van der Waals surface area contributed by atoms with Gasteiger partial charge in [-0.05, 0) is 57.2 Å². The molecular weight excluding hydrogens is 461 g/mol. The highest BCUT2D eigenvalue weighted by Crippen LogP contribution is 2.40. The quantitative estimate of drug-likeness (QED) is 0.486. The molecular formula is C24H26FN3O5S. The summed E-state index contributed by atoms with van der Waals surface area (Å²) in [5.74, 6) is 1.43. The molecule has 1 N–H and O–H groups in total. The van der Waals surface area contributed by atoms with Crippen LogP contribution in [0.25, 0.3) is 5.69 Å². The molecule has 1 amide bonds. The van der Waals surface area contributed by atoms with Gasteiger partial charge in [0.15, 0.2) is 11.5 Å². The van der Waals surface area contributed by atoms with E-state index in [2.05, 4.69) is 10.4 Å². The summed E-state index contributed by atoms with van der Waals surface area (Å²) in [6.45, 7) is 6.71. The van der Waals surface area contributed by atoms with Crippen LogP contribution >= 0.6 is 0 Å². The van der Waals surface area contributed by atoms with Crippen LogP contribution in [0.3, 0.4) is 0 Å².